The predicted molar refractivity (Wildman–Crippen MR) is 102 cm³/mol. The first kappa shape index (κ1) is 23.2. The van der Waals surface area contributed by atoms with Crippen LogP contribution < -0.4 is 16.4 Å². The van der Waals surface area contributed by atoms with Crippen molar-refractivity contribution in [1.29, 1.82) is 0 Å². The van der Waals surface area contributed by atoms with E-state index in [2.05, 4.69) is 15.7 Å². The lowest BCUT2D eigenvalue weighted by molar-refractivity contribution is -0.140. The Hall–Kier alpha value is -3.48. The van der Waals surface area contributed by atoms with Crippen molar-refractivity contribution in [1.82, 2.24) is 25.3 Å². The minimum Gasteiger partial charge on any atom is -0.337 e. The molecule has 13 heteroatoms. The van der Waals surface area contributed by atoms with Gasteiger partial charge in [-0.25, -0.2) is 9.18 Å². The molecule has 2 aromatic rings. The molecule has 1 aromatic heterocycles. The number of amides is 4. The smallest absolute Gasteiger partial charge is 0.337 e. The Morgan fingerprint density at radius 3 is 2.66 bits per heavy atom. The fraction of sp³-hybridized carbons (Fsp3) is 0.368. The molecule has 2 atom stereocenters. The highest BCUT2D eigenvalue weighted by Crippen LogP contribution is 2.31. The van der Waals surface area contributed by atoms with Crippen LogP contribution in [0.15, 0.2) is 30.6 Å². The number of imide groups is 1. The first-order valence-electron chi connectivity index (χ1n) is 9.57. The summed E-state index contributed by atoms with van der Waals surface area (Å²) >= 11 is 0. The molecule has 172 valence electrons. The number of carbonyl (C=O) groups excluding carboxylic acids is 3. The van der Waals surface area contributed by atoms with Crippen LogP contribution in [0.2, 0.25) is 0 Å². The highest BCUT2D eigenvalue weighted by Gasteiger charge is 2.40. The summed E-state index contributed by atoms with van der Waals surface area (Å²) in [4.78, 5) is 37.9. The van der Waals surface area contributed by atoms with E-state index in [1.165, 1.54) is 17.1 Å². The normalized spacial score (nSPS) is 19.1. The van der Waals surface area contributed by atoms with Crippen LogP contribution >= 0.6 is 0 Å². The molecule has 3 rings (SSSR count). The zero-order valence-corrected chi connectivity index (χ0v) is 16.8. The molecule has 2 unspecified atom stereocenters. The van der Waals surface area contributed by atoms with E-state index in [4.69, 9.17) is 5.73 Å². The standard InChI is InChI=1S/C19H20F4N6O3/c1-2-5-29-17(31)14(15(24)27-18(29)32)26-16(30)11-7-25-28(9-11)8-10-3-4-12(13(20)6-10)19(21,22)23/h3-4,6-7,9,14-15H,2,5,8,24H2,1H3,(H,26,30)(H,27,32). The molecule has 0 bridgehead atoms. The summed E-state index contributed by atoms with van der Waals surface area (Å²) in [5.41, 5.74) is 4.64. The second-order valence-corrected chi connectivity index (χ2v) is 7.15. The first-order chi connectivity index (χ1) is 15.0. The number of nitrogens with zero attached hydrogens (tertiary/aromatic N) is 3. The van der Waals surface area contributed by atoms with Crippen LogP contribution in [0.4, 0.5) is 22.4 Å². The Morgan fingerprint density at radius 1 is 1.31 bits per heavy atom. The number of carbonyl (C=O) groups is 3. The maximum absolute atomic E-state index is 13.7. The van der Waals surface area contributed by atoms with Gasteiger partial charge in [0.1, 0.15) is 18.0 Å². The molecule has 1 fully saturated rings. The van der Waals surface area contributed by atoms with E-state index >= 15 is 0 Å². The van der Waals surface area contributed by atoms with Crippen LogP contribution in [0.3, 0.4) is 0 Å². The Balaban J connectivity index is 1.69. The number of urea groups is 1. The largest absolute Gasteiger partial charge is 0.419 e. The van der Waals surface area contributed by atoms with Crippen molar-refractivity contribution < 1.29 is 31.9 Å². The first-order valence-corrected chi connectivity index (χ1v) is 9.57. The molecular formula is C19H20F4N6O3. The lowest BCUT2D eigenvalue weighted by Gasteiger charge is -2.35. The van der Waals surface area contributed by atoms with E-state index in [1.807, 2.05) is 0 Å². The molecule has 1 saturated heterocycles. The van der Waals surface area contributed by atoms with E-state index in [9.17, 15) is 31.9 Å². The molecule has 9 nitrogen and oxygen atoms in total. The topological polar surface area (TPSA) is 122 Å². The van der Waals surface area contributed by atoms with Crippen molar-refractivity contribution in [2.24, 2.45) is 5.73 Å². The van der Waals surface area contributed by atoms with Crippen LogP contribution in [-0.2, 0) is 17.5 Å². The van der Waals surface area contributed by atoms with Gasteiger partial charge >= 0.3 is 12.2 Å². The van der Waals surface area contributed by atoms with E-state index in [1.54, 1.807) is 6.92 Å². The number of hydrogen-bond donors (Lipinski definition) is 3. The van der Waals surface area contributed by atoms with E-state index in [0.29, 0.717) is 12.5 Å². The van der Waals surface area contributed by atoms with E-state index < -0.39 is 47.6 Å². The van der Waals surface area contributed by atoms with Crippen molar-refractivity contribution in [3.8, 4) is 0 Å². The number of nitrogens with two attached hydrogens (primary N) is 1. The molecule has 0 spiro atoms. The highest BCUT2D eigenvalue weighted by molar-refractivity contribution is 6.03. The van der Waals surface area contributed by atoms with Crippen LogP contribution in [0.1, 0.15) is 34.8 Å². The van der Waals surface area contributed by atoms with Gasteiger partial charge in [-0.2, -0.15) is 18.3 Å². The van der Waals surface area contributed by atoms with Crippen molar-refractivity contribution >= 4 is 17.8 Å². The van der Waals surface area contributed by atoms with Gasteiger partial charge < -0.3 is 16.4 Å². The van der Waals surface area contributed by atoms with Gasteiger partial charge in [0.15, 0.2) is 0 Å². The molecule has 0 radical (unpaired) electrons. The fourth-order valence-corrected chi connectivity index (χ4v) is 3.18. The van der Waals surface area contributed by atoms with Gasteiger partial charge in [0.2, 0.25) is 0 Å². The molecule has 4 amide bonds. The van der Waals surface area contributed by atoms with Gasteiger partial charge in [0, 0.05) is 12.7 Å². The maximum Gasteiger partial charge on any atom is 0.419 e. The predicted octanol–water partition coefficient (Wildman–Crippen LogP) is 1.43. The van der Waals surface area contributed by atoms with Crippen LogP contribution in [0.25, 0.3) is 0 Å². The van der Waals surface area contributed by atoms with Crippen LogP contribution in [0, 0.1) is 5.82 Å². The summed E-state index contributed by atoms with van der Waals surface area (Å²) in [5.74, 6) is -2.76. The zero-order valence-electron chi connectivity index (χ0n) is 16.8. The third-order valence-corrected chi connectivity index (χ3v) is 4.74. The molecule has 1 aliphatic rings. The Kier molecular flexibility index (Phi) is 6.48. The quantitative estimate of drug-likeness (QED) is 0.568. The number of hydrogen-bond acceptors (Lipinski definition) is 5. The second-order valence-electron chi connectivity index (χ2n) is 7.15. The third-order valence-electron chi connectivity index (χ3n) is 4.74. The van der Waals surface area contributed by atoms with Gasteiger partial charge in [0.25, 0.3) is 11.8 Å². The average molecular weight is 456 g/mol. The number of aromatic nitrogens is 2. The summed E-state index contributed by atoms with van der Waals surface area (Å²) in [6, 6.07) is 0.645. The molecule has 0 saturated carbocycles. The summed E-state index contributed by atoms with van der Waals surface area (Å²) in [7, 11) is 0. The number of nitrogens with one attached hydrogen (secondary N) is 2. The molecule has 32 heavy (non-hydrogen) atoms. The fourth-order valence-electron chi connectivity index (χ4n) is 3.18. The molecule has 0 aliphatic carbocycles. The Morgan fingerprint density at radius 2 is 2.03 bits per heavy atom. The number of benzene rings is 1. The van der Waals surface area contributed by atoms with Crippen molar-refractivity contribution in [3.63, 3.8) is 0 Å². The number of alkyl halides is 3. The second kappa shape index (κ2) is 8.94. The van der Waals surface area contributed by atoms with Crippen molar-refractivity contribution in [2.75, 3.05) is 6.54 Å². The molecule has 1 aromatic carbocycles. The van der Waals surface area contributed by atoms with Gasteiger partial charge in [-0.05, 0) is 24.1 Å². The summed E-state index contributed by atoms with van der Waals surface area (Å²) in [5, 5.41) is 8.78. The van der Waals surface area contributed by atoms with Gasteiger partial charge in [-0.3, -0.25) is 19.2 Å². The summed E-state index contributed by atoms with van der Waals surface area (Å²) < 4.78 is 53.0. The SMILES string of the molecule is CCCN1C(=O)NC(N)C(NC(=O)c2cnn(Cc3ccc(C(F)(F)F)c(F)c3)c2)C1=O. The molecule has 2 heterocycles. The maximum atomic E-state index is 13.7. The summed E-state index contributed by atoms with van der Waals surface area (Å²) in [6.07, 6.45) is -2.95. The minimum atomic E-state index is -4.80. The molecule has 1 aliphatic heterocycles. The van der Waals surface area contributed by atoms with Crippen molar-refractivity contribution in [3.05, 3.63) is 53.1 Å². The monoisotopic (exact) mass is 456 g/mol. The van der Waals surface area contributed by atoms with Crippen LogP contribution in [-0.4, -0.2) is 51.3 Å². The molecule has 4 N–H and O–H groups in total. The van der Waals surface area contributed by atoms with Gasteiger partial charge in [-0.15, -0.1) is 0 Å². The van der Waals surface area contributed by atoms with Crippen LogP contribution in [0.5, 0.6) is 0 Å². The zero-order chi connectivity index (χ0) is 23.6. The average Bonchev–Trinajstić information content (AvgIpc) is 3.16. The lowest BCUT2D eigenvalue weighted by Crippen LogP contribution is -2.70. The van der Waals surface area contributed by atoms with Crippen molar-refractivity contribution in [2.45, 2.75) is 38.3 Å². The minimum absolute atomic E-state index is 0.0383. The van der Waals surface area contributed by atoms with E-state index in [-0.39, 0.29) is 24.2 Å². The third kappa shape index (κ3) is 4.88. The number of rotatable bonds is 6. The lowest BCUT2D eigenvalue weighted by atomic mass is 10.1. The van der Waals surface area contributed by atoms with Gasteiger partial charge in [-0.1, -0.05) is 13.0 Å². The summed E-state index contributed by atoms with van der Waals surface area (Å²) in [6.45, 7) is 1.84. The van der Waals surface area contributed by atoms with E-state index in [0.717, 1.165) is 17.0 Å². The van der Waals surface area contributed by atoms with Gasteiger partial charge in [0.05, 0.1) is 23.9 Å². The highest BCUT2D eigenvalue weighted by atomic mass is 19.4. The number of halogens is 4. The molecular weight excluding hydrogens is 436 g/mol. The Bertz CT molecular complexity index is 1040. The Labute approximate surface area is 179 Å².